The van der Waals surface area contributed by atoms with Crippen LogP contribution < -0.4 is 4.74 Å². The van der Waals surface area contributed by atoms with Gasteiger partial charge in [-0.3, -0.25) is 0 Å². The van der Waals surface area contributed by atoms with Crippen molar-refractivity contribution in [1.82, 2.24) is 4.90 Å². The lowest BCUT2D eigenvalue weighted by Gasteiger charge is -2.51. The van der Waals surface area contributed by atoms with Crippen LogP contribution in [0.3, 0.4) is 0 Å². The molecule has 3 aliphatic rings. The minimum Gasteiger partial charge on any atom is -0.492 e. The molecule has 1 N–H and O–H groups in total. The SMILES string of the molecule is CN(C)CCOc1ccc(C[C@]23CC[C@@H]4c5ccccc5CC[C@H]4[C@@H]2CC[C@@H]3O)cc1. The van der Waals surface area contributed by atoms with Crippen LogP contribution in [0.15, 0.2) is 48.5 Å². The van der Waals surface area contributed by atoms with Crippen molar-refractivity contribution in [3.63, 3.8) is 0 Å². The van der Waals surface area contributed by atoms with Gasteiger partial charge in [0.25, 0.3) is 0 Å². The average molecular weight is 420 g/mol. The highest BCUT2D eigenvalue weighted by Crippen LogP contribution is 2.62. The van der Waals surface area contributed by atoms with Crippen molar-refractivity contribution in [1.29, 1.82) is 0 Å². The molecule has 5 rings (SSSR count). The fourth-order valence-electron chi connectivity index (χ4n) is 7.07. The predicted octanol–water partition coefficient (Wildman–Crippen LogP) is 5.07. The van der Waals surface area contributed by atoms with E-state index in [1.54, 1.807) is 11.1 Å². The highest BCUT2D eigenvalue weighted by Gasteiger charge is 2.56. The molecule has 31 heavy (non-hydrogen) atoms. The summed E-state index contributed by atoms with van der Waals surface area (Å²) in [6.07, 6.45) is 7.88. The van der Waals surface area contributed by atoms with E-state index >= 15 is 0 Å². The molecule has 0 aromatic heterocycles. The van der Waals surface area contributed by atoms with Gasteiger partial charge >= 0.3 is 0 Å². The van der Waals surface area contributed by atoms with E-state index in [0.29, 0.717) is 18.4 Å². The molecule has 0 unspecified atom stereocenters. The first-order valence-electron chi connectivity index (χ1n) is 12.2. The van der Waals surface area contributed by atoms with Crippen LogP contribution in [0.4, 0.5) is 0 Å². The van der Waals surface area contributed by atoms with Gasteiger partial charge in [-0.1, -0.05) is 36.4 Å². The molecule has 3 nitrogen and oxygen atoms in total. The molecule has 0 amide bonds. The highest BCUT2D eigenvalue weighted by atomic mass is 16.5. The number of aliphatic hydroxyl groups excluding tert-OH is 1. The predicted molar refractivity (Wildman–Crippen MR) is 126 cm³/mol. The Morgan fingerprint density at radius 3 is 2.61 bits per heavy atom. The van der Waals surface area contributed by atoms with E-state index in [-0.39, 0.29) is 11.5 Å². The Bertz CT molecular complexity index is 892. The van der Waals surface area contributed by atoms with Crippen LogP contribution in [-0.2, 0) is 12.8 Å². The van der Waals surface area contributed by atoms with E-state index in [9.17, 15) is 5.11 Å². The zero-order chi connectivity index (χ0) is 21.4. The van der Waals surface area contributed by atoms with Crippen molar-refractivity contribution in [3.8, 4) is 5.75 Å². The van der Waals surface area contributed by atoms with Crippen molar-refractivity contribution in [3.05, 3.63) is 65.2 Å². The largest absolute Gasteiger partial charge is 0.492 e. The summed E-state index contributed by atoms with van der Waals surface area (Å²) < 4.78 is 5.88. The Balaban J connectivity index is 1.33. The third-order valence-electron chi connectivity index (χ3n) is 8.57. The number of likely N-dealkylation sites (N-methyl/N-ethyl adjacent to an activating group) is 1. The number of ether oxygens (including phenoxy) is 1. The zero-order valence-corrected chi connectivity index (χ0v) is 19.1. The Hall–Kier alpha value is -1.84. The molecule has 2 fully saturated rings. The lowest BCUT2D eigenvalue weighted by molar-refractivity contribution is -0.0365. The number of hydrogen-bond acceptors (Lipinski definition) is 3. The van der Waals surface area contributed by atoms with Crippen molar-refractivity contribution in [2.45, 2.75) is 57.0 Å². The molecule has 2 aromatic carbocycles. The van der Waals surface area contributed by atoms with Crippen molar-refractivity contribution < 1.29 is 9.84 Å². The summed E-state index contributed by atoms with van der Waals surface area (Å²) in [7, 11) is 4.13. The first kappa shape index (κ1) is 21.0. The summed E-state index contributed by atoms with van der Waals surface area (Å²) in [6.45, 7) is 1.63. The van der Waals surface area contributed by atoms with Crippen molar-refractivity contribution >= 4 is 0 Å². The fourth-order valence-corrected chi connectivity index (χ4v) is 7.07. The first-order valence-corrected chi connectivity index (χ1v) is 12.2. The summed E-state index contributed by atoms with van der Waals surface area (Å²) >= 11 is 0. The second-order valence-corrected chi connectivity index (χ2v) is 10.5. The second-order valence-electron chi connectivity index (χ2n) is 10.5. The van der Waals surface area contributed by atoms with E-state index in [1.807, 2.05) is 0 Å². The number of fused-ring (bicyclic) bond motifs is 5. The molecule has 0 saturated heterocycles. The van der Waals surface area contributed by atoms with E-state index in [0.717, 1.165) is 37.5 Å². The third kappa shape index (κ3) is 3.91. The normalized spacial score (nSPS) is 31.7. The molecule has 0 heterocycles. The molecular weight excluding hydrogens is 382 g/mol. The molecule has 3 heteroatoms. The van der Waals surface area contributed by atoms with Crippen LogP contribution in [0.25, 0.3) is 0 Å². The Labute approximate surface area is 187 Å². The molecule has 5 atom stereocenters. The molecular formula is C28H37NO2. The van der Waals surface area contributed by atoms with Gasteiger partial charge < -0.3 is 14.7 Å². The fraction of sp³-hybridized carbons (Fsp3) is 0.571. The molecule has 0 radical (unpaired) electrons. The maximum absolute atomic E-state index is 11.2. The standard InChI is InChI=1S/C28H37NO2/c1-29(2)17-18-31-22-10-7-20(8-11-22)19-28-16-15-24-23-6-4-3-5-21(23)9-12-25(24)26(28)13-14-27(28)30/h3-8,10-11,24-27,30H,9,12-19H2,1-2H3/t24-,25-,26+,27+,28-/m1/s1. The Kier molecular flexibility index (Phi) is 5.83. The topological polar surface area (TPSA) is 32.7 Å². The van der Waals surface area contributed by atoms with Gasteiger partial charge in [-0.05, 0) is 106 Å². The quantitative estimate of drug-likeness (QED) is 0.710. The summed E-state index contributed by atoms with van der Waals surface area (Å²) in [5, 5.41) is 11.2. The maximum Gasteiger partial charge on any atom is 0.119 e. The molecule has 2 saturated carbocycles. The summed E-state index contributed by atoms with van der Waals surface area (Å²) in [5.41, 5.74) is 4.58. The summed E-state index contributed by atoms with van der Waals surface area (Å²) in [5.74, 6) is 3.01. The number of nitrogens with zero attached hydrogens (tertiary/aromatic N) is 1. The third-order valence-corrected chi connectivity index (χ3v) is 8.57. The highest BCUT2D eigenvalue weighted by molar-refractivity contribution is 5.36. The van der Waals surface area contributed by atoms with Gasteiger partial charge in [0.15, 0.2) is 0 Å². The van der Waals surface area contributed by atoms with E-state index in [2.05, 4.69) is 67.5 Å². The number of aliphatic hydroxyl groups is 1. The van der Waals surface area contributed by atoms with Crippen LogP contribution in [0.1, 0.15) is 54.7 Å². The van der Waals surface area contributed by atoms with E-state index in [1.165, 1.54) is 31.2 Å². The van der Waals surface area contributed by atoms with E-state index in [4.69, 9.17) is 4.74 Å². The van der Waals surface area contributed by atoms with Crippen LogP contribution in [0.5, 0.6) is 5.75 Å². The molecule has 2 aromatic rings. The Morgan fingerprint density at radius 1 is 1.00 bits per heavy atom. The van der Waals surface area contributed by atoms with Crippen LogP contribution in [0, 0.1) is 17.3 Å². The number of hydrogen-bond donors (Lipinski definition) is 1. The minimum atomic E-state index is -0.161. The van der Waals surface area contributed by atoms with E-state index < -0.39 is 0 Å². The monoisotopic (exact) mass is 419 g/mol. The average Bonchev–Trinajstić information content (AvgIpc) is 3.11. The zero-order valence-electron chi connectivity index (χ0n) is 19.1. The number of rotatable bonds is 6. The van der Waals surface area contributed by atoms with Gasteiger partial charge in [0, 0.05) is 12.0 Å². The molecule has 0 spiro atoms. The number of benzene rings is 2. The molecule has 0 bridgehead atoms. The van der Waals surface area contributed by atoms with Crippen LogP contribution in [-0.4, -0.2) is 43.4 Å². The van der Waals surface area contributed by atoms with Gasteiger partial charge in [-0.2, -0.15) is 0 Å². The van der Waals surface area contributed by atoms with Gasteiger partial charge in [0.2, 0.25) is 0 Å². The Morgan fingerprint density at radius 2 is 1.81 bits per heavy atom. The van der Waals surface area contributed by atoms with Crippen molar-refractivity contribution in [2.24, 2.45) is 17.3 Å². The van der Waals surface area contributed by atoms with Crippen LogP contribution >= 0.6 is 0 Å². The molecule has 0 aliphatic heterocycles. The first-order chi connectivity index (χ1) is 15.1. The minimum absolute atomic E-state index is 0.0563. The van der Waals surface area contributed by atoms with Gasteiger partial charge in [-0.25, -0.2) is 0 Å². The van der Waals surface area contributed by atoms with Gasteiger partial charge in [0.1, 0.15) is 12.4 Å². The number of aryl methyl sites for hydroxylation is 1. The lowest BCUT2D eigenvalue weighted by atomic mass is 9.53. The van der Waals surface area contributed by atoms with Gasteiger partial charge in [0.05, 0.1) is 6.10 Å². The molecule has 166 valence electrons. The summed E-state index contributed by atoms with van der Waals surface area (Å²) in [6, 6.07) is 17.8. The summed E-state index contributed by atoms with van der Waals surface area (Å²) in [4.78, 5) is 2.13. The maximum atomic E-state index is 11.2. The van der Waals surface area contributed by atoms with Crippen LogP contribution in [0.2, 0.25) is 0 Å². The smallest absolute Gasteiger partial charge is 0.119 e. The lowest BCUT2D eigenvalue weighted by Crippen LogP contribution is -2.47. The second kappa shape index (κ2) is 8.60. The molecule has 3 aliphatic carbocycles. The van der Waals surface area contributed by atoms with Crippen molar-refractivity contribution in [2.75, 3.05) is 27.2 Å². The van der Waals surface area contributed by atoms with Gasteiger partial charge in [-0.15, -0.1) is 0 Å².